The fourth-order valence-electron chi connectivity index (χ4n) is 3.18. The highest BCUT2D eigenvalue weighted by Crippen LogP contribution is 2.18. The third-order valence-corrected chi connectivity index (χ3v) is 6.14. The van der Waals surface area contributed by atoms with E-state index < -0.39 is 21.8 Å². The van der Waals surface area contributed by atoms with Gasteiger partial charge in [-0.3, -0.25) is 13.9 Å². The van der Waals surface area contributed by atoms with Crippen molar-refractivity contribution in [2.24, 2.45) is 0 Å². The molecule has 0 amide bonds. The largest absolute Gasteiger partial charge is 0.456 e. The predicted molar refractivity (Wildman–Crippen MR) is 119 cm³/mol. The van der Waals surface area contributed by atoms with Crippen molar-refractivity contribution < 1.29 is 22.3 Å². The first-order valence-corrected chi connectivity index (χ1v) is 11.3. The second-order valence-corrected chi connectivity index (χ2v) is 8.85. The molecule has 4 aromatic rings. The number of nitrogens with zero attached hydrogens (tertiary/aromatic N) is 2. The lowest BCUT2D eigenvalue weighted by Gasteiger charge is -2.10. The van der Waals surface area contributed by atoms with Gasteiger partial charge >= 0.3 is 5.97 Å². The van der Waals surface area contributed by atoms with Crippen LogP contribution in [0.3, 0.4) is 0 Å². The van der Waals surface area contributed by atoms with Gasteiger partial charge in [0.1, 0.15) is 18.1 Å². The van der Waals surface area contributed by atoms with E-state index in [1.807, 2.05) is 0 Å². The summed E-state index contributed by atoms with van der Waals surface area (Å²) in [6, 6.07) is 16.6. The third-order valence-electron chi connectivity index (χ3n) is 4.76. The van der Waals surface area contributed by atoms with Crippen molar-refractivity contribution in [2.45, 2.75) is 18.4 Å². The Morgan fingerprint density at radius 2 is 1.79 bits per heavy atom. The molecular weight excluding hydrogens is 449 g/mol. The van der Waals surface area contributed by atoms with Gasteiger partial charge in [0.25, 0.3) is 15.6 Å². The van der Waals surface area contributed by atoms with Crippen molar-refractivity contribution in [1.29, 1.82) is 0 Å². The van der Waals surface area contributed by atoms with E-state index in [-0.39, 0.29) is 34.0 Å². The molecule has 33 heavy (non-hydrogen) atoms. The van der Waals surface area contributed by atoms with Gasteiger partial charge in [0.15, 0.2) is 0 Å². The minimum atomic E-state index is -4.02. The SMILES string of the molecule is Cc1cccc2nc(COC(=O)c3cccc(S(=O)(=O)Nc4ccc(F)cc4)c3)cc(=O)n12. The molecule has 0 saturated carbocycles. The summed E-state index contributed by atoms with van der Waals surface area (Å²) in [6.07, 6.45) is 0. The molecule has 0 aliphatic rings. The van der Waals surface area contributed by atoms with E-state index in [0.29, 0.717) is 5.65 Å². The summed E-state index contributed by atoms with van der Waals surface area (Å²) < 4.78 is 47.3. The molecule has 8 nitrogen and oxygen atoms in total. The number of carbonyl (C=O) groups excluding carboxylic acids is 1. The quantitative estimate of drug-likeness (QED) is 0.436. The van der Waals surface area contributed by atoms with Crippen LogP contribution in [-0.4, -0.2) is 23.8 Å². The van der Waals surface area contributed by atoms with Gasteiger partial charge in [-0.1, -0.05) is 12.1 Å². The lowest BCUT2D eigenvalue weighted by Crippen LogP contribution is -2.18. The van der Waals surface area contributed by atoms with E-state index >= 15 is 0 Å². The lowest BCUT2D eigenvalue weighted by molar-refractivity contribution is 0.0467. The van der Waals surface area contributed by atoms with Crippen molar-refractivity contribution in [2.75, 3.05) is 4.72 Å². The number of aromatic nitrogens is 2. The summed E-state index contributed by atoms with van der Waals surface area (Å²) in [7, 11) is -4.02. The summed E-state index contributed by atoms with van der Waals surface area (Å²) in [5.41, 5.74) is 1.29. The van der Waals surface area contributed by atoms with Crippen LogP contribution in [-0.2, 0) is 21.4 Å². The molecule has 1 N–H and O–H groups in total. The summed E-state index contributed by atoms with van der Waals surface area (Å²) in [4.78, 5) is 29.0. The first kappa shape index (κ1) is 22.2. The summed E-state index contributed by atoms with van der Waals surface area (Å²) in [6.45, 7) is 1.52. The van der Waals surface area contributed by atoms with Crippen LogP contribution in [0.25, 0.3) is 5.65 Å². The maximum atomic E-state index is 13.0. The number of sulfonamides is 1. The molecule has 2 aromatic heterocycles. The van der Waals surface area contributed by atoms with Crippen LogP contribution in [0.2, 0.25) is 0 Å². The number of hydrogen-bond acceptors (Lipinski definition) is 6. The highest BCUT2D eigenvalue weighted by molar-refractivity contribution is 7.92. The third kappa shape index (κ3) is 4.90. The number of pyridine rings is 1. The Labute approximate surface area is 188 Å². The first-order chi connectivity index (χ1) is 15.7. The number of halogens is 1. The topological polar surface area (TPSA) is 107 Å². The molecule has 168 valence electrons. The van der Waals surface area contributed by atoms with Gasteiger partial charge in [0, 0.05) is 17.4 Å². The van der Waals surface area contributed by atoms with Crippen LogP contribution in [0.5, 0.6) is 0 Å². The van der Waals surface area contributed by atoms with Crippen molar-refractivity contribution in [3.8, 4) is 0 Å². The van der Waals surface area contributed by atoms with Crippen molar-refractivity contribution >= 4 is 27.3 Å². The highest BCUT2D eigenvalue weighted by Gasteiger charge is 2.18. The monoisotopic (exact) mass is 467 g/mol. The van der Waals surface area contributed by atoms with E-state index in [4.69, 9.17) is 4.74 Å². The number of rotatable bonds is 6. The van der Waals surface area contributed by atoms with E-state index in [0.717, 1.165) is 17.8 Å². The molecule has 2 aromatic carbocycles. The number of fused-ring (bicyclic) bond motifs is 1. The van der Waals surface area contributed by atoms with Crippen molar-refractivity contribution in [3.63, 3.8) is 0 Å². The molecule has 0 atom stereocenters. The number of ether oxygens (including phenoxy) is 1. The Morgan fingerprint density at radius 1 is 1.06 bits per heavy atom. The smallest absolute Gasteiger partial charge is 0.338 e. The Bertz CT molecular complexity index is 1520. The molecule has 0 aliphatic carbocycles. The molecule has 0 fully saturated rings. The zero-order chi connectivity index (χ0) is 23.6. The molecule has 0 saturated heterocycles. The van der Waals surface area contributed by atoms with Gasteiger partial charge in [-0.2, -0.15) is 0 Å². The van der Waals surface area contributed by atoms with E-state index in [2.05, 4.69) is 9.71 Å². The number of carbonyl (C=O) groups is 1. The van der Waals surface area contributed by atoms with Gasteiger partial charge in [-0.05, 0) is 61.5 Å². The summed E-state index contributed by atoms with van der Waals surface area (Å²) in [5, 5.41) is 0. The number of anilines is 1. The average molecular weight is 467 g/mol. The Balaban J connectivity index is 1.50. The van der Waals surface area contributed by atoms with E-state index in [9.17, 15) is 22.4 Å². The molecule has 2 heterocycles. The lowest BCUT2D eigenvalue weighted by atomic mass is 10.2. The van der Waals surface area contributed by atoms with Crippen LogP contribution in [0.15, 0.2) is 82.5 Å². The van der Waals surface area contributed by atoms with E-state index in [1.54, 1.807) is 25.1 Å². The molecule has 0 unspecified atom stereocenters. The number of aryl methyl sites for hydroxylation is 1. The zero-order valence-electron chi connectivity index (χ0n) is 17.4. The fraction of sp³-hybridized carbons (Fsp3) is 0.0870. The highest BCUT2D eigenvalue weighted by atomic mass is 32.2. The molecular formula is C23H18FN3O5S. The fourth-order valence-corrected chi connectivity index (χ4v) is 4.29. The summed E-state index contributed by atoms with van der Waals surface area (Å²) >= 11 is 0. The van der Waals surface area contributed by atoms with Crippen molar-refractivity contribution in [1.82, 2.24) is 9.38 Å². The Hall–Kier alpha value is -4.05. The number of hydrogen-bond donors (Lipinski definition) is 1. The zero-order valence-corrected chi connectivity index (χ0v) is 18.2. The second-order valence-electron chi connectivity index (χ2n) is 7.16. The van der Waals surface area contributed by atoms with Gasteiger partial charge in [-0.25, -0.2) is 22.6 Å². The average Bonchev–Trinajstić information content (AvgIpc) is 2.79. The van der Waals surface area contributed by atoms with Crippen LogP contribution in [0.4, 0.5) is 10.1 Å². The van der Waals surface area contributed by atoms with Crippen LogP contribution < -0.4 is 10.3 Å². The predicted octanol–water partition coefficient (Wildman–Crippen LogP) is 3.30. The Kier molecular flexibility index (Phi) is 5.93. The molecule has 0 spiro atoms. The van der Waals surface area contributed by atoms with Gasteiger partial charge in [0.2, 0.25) is 0 Å². The van der Waals surface area contributed by atoms with Gasteiger partial charge in [0.05, 0.1) is 16.2 Å². The summed E-state index contributed by atoms with van der Waals surface area (Å²) in [5.74, 6) is -1.28. The minimum Gasteiger partial charge on any atom is -0.456 e. The number of benzene rings is 2. The molecule has 4 rings (SSSR count). The van der Waals surface area contributed by atoms with Crippen LogP contribution in [0.1, 0.15) is 21.7 Å². The maximum absolute atomic E-state index is 13.0. The molecule has 10 heteroatoms. The Morgan fingerprint density at radius 3 is 2.55 bits per heavy atom. The standard InChI is InChI=1S/C23H18FN3O5S/c1-15-4-2-7-21-25-19(13-22(28)27(15)21)14-32-23(29)16-5-3-6-20(12-16)33(30,31)26-18-10-8-17(24)9-11-18/h2-13,26H,14H2,1H3. The first-order valence-electron chi connectivity index (χ1n) is 9.77. The molecule has 0 aliphatic heterocycles. The van der Waals surface area contributed by atoms with Crippen LogP contribution in [0, 0.1) is 12.7 Å². The van der Waals surface area contributed by atoms with Crippen LogP contribution >= 0.6 is 0 Å². The molecule has 0 radical (unpaired) electrons. The number of nitrogens with one attached hydrogen (secondary N) is 1. The minimum absolute atomic E-state index is 0.00494. The molecule has 0 bridgehead atoms. The maximum Gasteiger partial charge on any atom is 0.338 e. The van der Waals surface area contributed by atoms with Gasteiger partial charge in [-0.15, -0.1) is 0 Å². The number of esters is 1. The van der Waals surface area contributed by atoms with Gasteiger partial charge < -0.3 is 4.74 Å². The van der Waals surface area contributed by atoms with E-state index in [1.165, 1.54) is 46.9 Å². The second kappa shape index (κ2) is 8.83. The normalized spacial score (nSPS) is 11.3. The van der Waals surface area contributed by atoms with Crippen molar-refractivity contribution in [3.05, 3.63) is 106 Å².